The highest BCUT2D eigenvalue weighted by Gasteiger charge is 2.13. The minimum absolute atomic E-state index is 0.178. The van der Waals surface area contributed by atoms with E-state index in [1.807, 2.05) is 0 Å². The molecule has 0 unspecified atom stereocenters. The molecule has 0 atom stereocenters. The third-order valence-corrected chi connectivity index (χ3v) is 4.09. The van der Waals surface area contributed by atoms with Gasteiger partial charge in [-0.25, -0.2) is 14.4 Å². The lowest BCUT2D eigenvalue weighted by atomic mass is 10.1. The lowest BCUT2D eigenvalue weighted by Gasteiger charge is -2.27. The molecular formula is C19H24FN7O2. The van der Waals surface area contributed by atoms with Gasteiger partial charge < -0.3 is 10.6 Å². The zero-order chi connectivity index (χ0) is 20.9. The van der Waals surface area contributed by atoms with Crippen LogP contribution in [-0.4, -0.2) is 46.8 Å². The van der Waals surface area contributed by atoms with Crippen molar-refractivity contribution in [2.45, 2.75) is 25.7 Å². The van der Waals surface area contributed by atoms with Crippen LogP contribution in [0, 0.1) is 10.7 Å². The van der Waals surface area contributed by atoms with Crippen LogP contribution >= 0.6 is 0 Å². The van der Waals surface area contributed by atoms with Crippen molar-refractivity contribution in [1.29, 1.82) is 0 Å². The minimum Gasteiger partial charge on any atom is -0.364 e. The zero-order valence-corrected chi connectivity index (χ0v) is 16.0. The summed E-state index contributed by atoms with van der Waals surface area (Å²) in [7, 11) is 0. The Hall–Kier alpha value is -3.43. The van der Waals surface area contributed by atoms with Crippen molar-refractivity contribution >= 4 is 17.9 Å². The van der Waals surface area contributed by atoms with Gasteiger partial charge in [0.2, 0.25) is 0 Å². The molecule has 1 fully saturated rings. The van der Waals surface area contributed by atoms with Crippen molar-refractivity contribution in [3.63, 3.8) is 0 Å². The van der Waals surface area contributed by atoms with Crippen molar-refractivity contribution in [3.8, 4) is 0 Å². The average Bonchev–Trinajstić information content (AvgIpc) is 3.30. The highest BCUT2D eigenvalue weighted by molar-refractivity contribution is 5.91. The molecule has 3 heterocycles. The van der Waals surface area contributed by atoms with Gasteiger partial charge in [0.1, 0.15) is 23.7 Å². The maximum atomic E-state index is 11.9. The van der Waals surface area contributed by atoms with Crippen molar-refractivity contribution in [2.24, 2.45) is 16.1 Å². The molecule has 1 aromatic heterocycles. The molecule has 1 amide bonds. The number of carbonyl (C=O) groups excluding carboxylic acids is 1. The molecule has 154 valence electrons. The summed E-state index contributed by atoms with van der Waals surface area (Å²) < 4.78 is 11.9. The summed E-state index contributed by atoms with van der Waals surface area (Å²) >= 11 is 0. The number of anilines is 1. The van der Waals surface area contributed by atoms with Crippen molar-refractivity contribution in [3.05, 3.63) is 59.1 Å². The molecule has 10 heteroatoms. The van der Waals surface area contributed by atoms with Crippen LogP contribution in [0.3, 0.4) is 0 Å². The smallest absolute Gasteiger partial charge is 0.267 e. The van der Waals surface area contributed by atoms with Gasteiger partial charge in [-0.05, 0) is 31.4 Å². The predicted molar refractivity (Wildman–Crippen MR) is 109 cm³/mol. The fraction of sp³-hybridized carbons (Fsp3) is 0.368. The summed E-state index contributed by atoms with van der Waals surface area (Å²) in [6, 6.07) is 9.60. The Bertz CT molecular complexity index is 798. The second kappa shape index (κ2) is 12.1. The first kappa shape index (κ1) is 21.9. The van der Waals surface area contributed by atoms with E-state index < -0.39 is 5.91 Å². The van der Waals surface area contributed by atoms with Crippen LogP contribution < -0.4 is 10.6 Å². The number of hydrazone groups is 1. The number of carbonyl (C=O) groups is 1. The molecule has 0 spiro atoms. The first-order valence-electron chi connectivity index (χ1n) is 9.30. The maximum Gasteiger partial charge on any atom is 0.267 e. The highest BCUT2D eigenvalue weighted by Crippen LogP contribution is 2.17. The number of nitroso groups, excluding NO2 is 1. The summed E-state index contributed by atoms with van der Waals surface area (Å²) in [6.45, 7) is 2.63. The fourth-order valence-electron chi connectivity index (χ4n) is 2.64. The van der Waals surface area contributed by atoms with E-state index in [1.165, 1.54) is 37.7 Å². The van der Waals surface area contributed by atoms with Crippen LogP contribution in [0.1, 0.15) is 36.2 Å². The van der Waals surface area contributed by atoms with Gasteiger partial charge in [0.05, 0.1) is 11.8 Å². The number of halogens is 1. The average molecular weight is 401 g/mol. The SMILES string of the molecule is Fc1ccccc1.NC(=O)c1cc(N2CCCCC2)ncn1.O=NN1CCC=N1. The number of rotatable bonds is 3. The second-order valence-electron chi connectivity index (χ2n) is 6.23. The third kappa shape index (κ3) is 7.99. The Labute approximate surface area is 168 Å². The first-order valence-corrected chi connectivity index (χ1v) is 9.30. The maximum absolute atomic E-state index is 11.9. The molecule has 1 aromatic carbocycles. The van der Waals surface area contributed by atoms with Crippen molar-refractivity contribution in [2.75, 3.05) is 24.5 Å². The molecule has 0 aliphatic carbocycles. The van der Waals surface area contributed by atoms with Crippen LogP contribution in [0.15, 0.2) is 53.1 Å². The molecule has 4 rings (SSSR count). The van der Waals surface area contributed by atoms with Gasteiger partial charge in [-0.15, -0.1) is 10.0 Å². The van der Waals surface area contributed by atoms with Crippen LogP contribution in [-0.2, 0) is 0 Å². The lowest BCUT2D eigenvalue weighted by Crippen LogP contribution is -2.30. The largest absolute Gasteiger partial charge is 0.364 e. The normalized spacial score (nSPS) is 14.9. The predicted octanol–water partition coefficient (Wildman–Crippen LogP) is 2.75. The number of primary amides is 1. The van der Waals surface area contributed by atoms with E-state index in [2.05, 4.69) is 25.3 Å². The second-order valence-corrected chi connectivity index (χ2v) is 6.23. The summed E-state index contributed by atoms with van der Waals surface area (Å²) in [5.74, 6) is 0.122. The zero-order valence-electron chi connectivity index (χ0n) is 16.0. The van der Waals surface area contributed by atoms with Gasteiger partial charge in [-0.1, -0.05) is 18.2 Å². The van der Waals surface area contributed by atoms with Gasteiger partial charge in [0, 0.05) is 31.8 Å². The molecule has 0 bridgehead atoms. The van der Waals surface area contributed by atoms with E-state index >= 15 is 0 Å². The van der Waals surface area contributed by atoms with Gasteiger partial charge in [-0.2, -0.15) is 5.10 Å². The van der Waals surface area contributed by atoms with E-state index in [-0.39, 0.29) is 11.5 Å². The van der Waals surface area contributed by atoms with Crippen molar-refractivity contribution in [1.82, 2.24) is 15.1 Å². The Morgan fingerprint density at radius 3 is 2.28 bits per heavy atom. The molecule has 2 N–H and O–H groups in total. The molecule has 0 saturated carbocycles. The fourth-order valence-corrected chi connectivity index (χ4v) is 2.64. The molecule has 2 aliphatic rings. The topological polar surface area (TPSA) is 117 Å². The monoisotopic (exact) mass is 401 g/mol. The molecule has 0 radical (unpaired) electrons. The number of hydrogen-bond acceptors (Lipinski definition) is 7. The van der Waals surface area contributed by atoms with Gasteiger partial charge in [0.15, 0.2) is 0 Å². The molecular weight excluding hydrogens is 377 g/mol. The van der Waals surface area contributed by atoms with E-state index in [0.29, 0.717) is 6.54 Å². The first-order chi connectivity index (χ1) is 14.1. The van der Waals surface area contributed by atoms with Crippen LogP contribution in [0.5, 0.6) is 0 Å². The Morgan fingerprint density at radius 2 is 1.79 bits per heavy atom. The number of amides is 1. The Morgan fingerprint density at radius 1 is 1.07 bits per heavy atom. The molecule has 2 aliphatic heterocycles. The van der Waals surface area contributed by atoms with E-state index in [0.717, 1.165) is 30.4 Å². The summed E-state index contributed by atoms with van der Waals surface area (Å²) in [5, 5.41) is 7.28. The van der Waals surface area contributed by atoms with E-state index in [9.17, 15) is 14.1 Å². The molecule has 1 saturated heterocycles. The Kier molecular flexibility index (Phi) is 9.13. The molecule has 2 aromatic rings. The summed E-state index contributed by atoms with van der Waals surface area (Å²) in [4.78, 5) is 30.7. The van der Waals surface area contributed by atoms with Gasteiger partial charge in [0.25, 0.3) is 5.91 Å². The van der Waals surface area contributed by atoms with E-state index in [4.69, 9.17) is 5.73 Å². The lowest BCUT2D eigenvalue weighted by molar-refractivity contribution is 0.0995. The van der Waals surface area contributed by atoms with Crippen LogP contribution in [0.25, 0.3) is 0 Å². The number of piperidine rings is 1. The number of nitrogens with zero attached hydrogens (tertiary/aromatic N) is 6. The highest BCUT2D eigenvalue weighted by atomic mass is 19.1. The number of aromatic nitrogens is 2. The number of nitrogens with two attached hydrogens (primary N) is 1. The summed E-state index contributed by atoms with van der Waals surface area (Å²) in [5.41, 5.74) is 5.45. The minimum atomic E-state index is -0.504. The quantitative estimate of drug-likeness (QED) is 0.790. The van der Waals surface area contributed by atoms with Gasteiger partial charge >= 0.3 is 0 Å². The van der Waals surface area contributed by atoms with Gasteiger partial charge in [-0.3, -0.25) is 4.79 Å². The van der Waals surface area contributed by atoms with E-state index in [1.54, 1.807) is 30.5 Å². The number of hydrogen-bond donors (Lipinski definition) is 1. The number of benzene rings is 1. The summed E-state index contributed by atoms with van der Waals surface area (Å²) in [6.07, 6.45) is 7.52. The third-order valence-electron chi connectivity index (χ3n) is 4.09. The van der Waals surface area contributed by atoms with Crippen LogP contribution in [0.4, 0.5) is 10.2 Å². The van der Waals surface area contributed by atoms with Crippen molar-refractivity contribution < 1.29 is 9.18 Å². The Balaban J connectivity index is 0.000000178. The molecule has 9 nitrogen and oxygen atoms in total. The molecule has 29 heavy (non-hydrogen) atoms. The van der Waals surface area contributed by atoms with Crippen LogP contribution in [0.2, 0.25) is 0 Å². The standard InChI is InChI=1S/C10H14N4O.C6H5F.C3H5N3O/c11-10(15)8-6-9(13-7-12-8)14-4-2-1-3-5-14;7-6-4-2-1-3-5-6;7-5-6-3-1-2-4-6/h6-7H,1-5H2,(H2,11,15);1-5H;2H,1,3H2.